The van der Waals surface area contributed by atoms with Gasteiger partial charge in [-0.05, 0) is 12.1 Å². The second kappa shape index (κ2) is 10.9. The number of alkyl halides is 3. The Bertz CT molecular complexity index is 652. The van der Waals surface area contributed by atoms with Crippen molar-refractivity contribution in [1.29, 1.82) is 0 Å². The summed E-state index contributed by atoms with van der Waals surface area (Å²) in [5.74, 6) is -2.73. The molecular formula is C16H15F4INO3Y-. The topological polar surface area (TPSA) is 38.8 Å². The van der Waals surface area contributed by atoms with E-state index in [1.165, 1.54) is 7.11 Å². The maximum absolute atomic E-state index is 14.4. The molecule has 10 heteroatoms. The Hall–Kier alpha value is -0.256. The Balaban J connectivity index is 0.00000338. The second-order valence-corrected chi connectivity index (χ2v) is 6.64. The van der Waals surface area contributed by atoms with Crippen LogP contribution in [0.2, 0.25) is 0 Å². The van der Waals surface area contributed by atoms with Gasteiger partial charge in [0.1, 0.15) is 12.4 Å². The first-order chi connectivity index (χ1) is 11.8. The maximum atomic E-state index is 14.4. The molecule has 0 saturated heterocycles. The summed E-state index contributed by atoms with van der Waals surface area (Å²) in [4.78, 5) is 12.8. The standard InChI is InChI=1S/C16H15F4INO3.Y/c1-24-4-5-25-9-6-10(17)15(11(18)7-9)13-3-2-12(21)16(23)22(13)8-14(19)20;/h6-7,12,14H,2,4-5,8H2,1H3;/q-1;. The van der Waals surface area contributed by atoms with Crippen molar-refractivity contribution >= 4 is 34.2 Å². The molecule has 1 radical (unpaired) electrons. The molecular weight excluding hydrogens is 546 g/mol. The number of halogens is 5. The Labute approximate surface area is 187 Å². The number of methoxy groups -OCH3 is 1. The van der Waals surface area contributed by atoms with Gasteiger partial charge in [-0.2, -0.15) is 0 Å². The number of nitrogens with zero attached hydrogens (tertiary/aromatic N) is 1. The minimum atomic E-state index is -2.84. The van der Waals surface area contributed by atoms with Gasteiger partial charge in [0.05, 0.1) is 28.7 Å². The molecule has 1 aliphatic heterocycles. The molecule has 1 aromatic carbocycles. The number of ether oxygens (including phenoxy) is 2. The molecule has 0 aliphatic carbocycles. The summed E-state index contributed by atoms with van der Waals surface area (Å²) in [5.41, 5.74) is -0.881. The summed E-state index contributed by atoms with van der Waals surface area (Å²) < 4.78 is 63.7. The number of carbonyl (C=O) groups excluding carboxylic acids is 1. The van der Waals surface area contributed by atoms with Gasteiger partial charge in [-0.15, -0.1) is 5.70 Å². The van der Waals surface area contributed by atoms with Crippen LogP contribution in [0, 0.1) is 17.7 Å². The Morgan fingerprint density at radius 2 is 1.92 bits per heavy atom. The van der Waals surface area contributed by atoms with Gasteiger partial charge >= 0.3 is 0 Å². The van der Waals surface area contributed by atoms with Crippen LogP contribution in [0.5, 0.6) is 5.75 Å². The van der Waals surface area contributed by atoms with Gasteiger partial charge in [0, 0.05) is 39.8 Å². The van der Waals surface area contributed by atoms with Crippen molar-refractivity contribution in [2.75, 3.05) is 26.9 Å². The summed E-state index contributed by atoms with van der Waals surface area (Å²) >= 11 is 1.78. The first kappa shape index (κ1) is 23.8. The molecule has 1 aromatic rings. The maximum Gasteiger partial charge on any atom is 0.256 e. The number of allylic oxidation sites excluding steroid dienone is 1. The van der Waals surface area contributed by atoms with Crippen molar-refractivity contribution in [2.24, 2.45) is 0 Å². The SMILES string of the molecule is COCCOc1cc(F)c(C2=[C-]CC(I)C(=O)N2CC(F)F)c(F)c1.[Y]. The van der Waals surface area contributed by atoms with Gasteiger partial charge in [0.2, 0.25) is 5.91 Å². The van der Waals surface area contributed by atoms with Gasteiger partial charge in [0.25, 0.3) is 6.43 Å². The van der Waals surface area contributed by atoms with Crippen LogP contribution in [0.25, 0.3) is 5.70 Å². The predicted octanol–water partition coefficient (Wildman–Crippen LogP) is 3.43. The minimum Gasteiger partial charge on any atom is -0.491 e. The summed E-state index contributed by atoms with van der Waals surface area (Å²) in [7, 11) is 1.45. The van der Waals surface area contributed by atoms with Gasteiger partial charge in [0.15, 0.2) is 0 Å². The number of hydrogen-bond acceptors (Lipinski definition) is 3. The number of carbonyl (C=O) groups is 1. The van der Waals surface area contributed by atoms with Crippen LogP contribution >= 0.6 is 22.6 Å². The van der Waals surface area contributed by atoms with Gasteiger partial charge in [-0.25, -0.2) is 23.6 Å². The molecule has 0 saturated carbocycles. The molecule has 1 amide bonds. The molecule has 0 fully saturated rings. The largest absolute Gasteiger partial charge is 0.491 e. The number of rotatable bonds is 7. The van der Waals surface area contributed by atoms with Crippen molar-refractivity contribution in [3.63, 3.8) is 0 Å². The molecule has 0 N–H and O–H groups in total. The molecule has 4 nitrogen and oxygen atoms in total. The second-order valence-electron chi connectivity index (χ2n) is 5.14. The van der Waals surface area contributed by atoms with Crippen LogP contribution < -0.4 is 4.74 Å². The average molecular weight is 561 g/mol. The molecule has 26 heavy (non-hydrogen) atoms. The smallest absolute Gasteiger partial charge is 0.256 e. The van der Waals surface area contributed by atoms with E-state index < -0.39 is 40.0 Å². The monoisotopic (exact) mass is 561 g/mol. The van der Waals surface area contributed by atoms with E-state index in [0.717, 1.165) is 12.1 Å². The third kappa shape index (κ3) is 5.87. The van der Waals surface area contributed by atoms with Crippen LogP contribution in [0.1, 0.15) is 12.0 Å². The molecule has 1 aliphatic rings. The zero-order valence-corrected chi connectivity index (χ0v) is 18.8. The van der Waals surface area contributed by atoms with Gasteiger partial charge < -0.3 is 14.4 Å². The van der Waals surface area contributed by atoms with Crippen molar-refractivity contribution in [3.05, 3.63) is 35.4 Å². The van der Waals surface area contributed by atoms with Gasteiger partial charge in [-0.3, -0.25) is 4.79 Å². The molecule has 0 aromatic heterocycles. The van der Waals surface area contributed by atoms with Crippen molar-refractivity contribution in [3.8, 4) is 5.75 Å². The molecule has 1 heterocycles. The third-order valence-electron chi connectivity index (χ3n) is 3.38. The summed E-state index contributed by atoms with van der Waals surface area (Å²) in [5, 5.41) is 0. The van der Waals surface area contributed by atoms with Crippen molar-refractivity contribution in [1.82, 2.24) is 4.90 Å². The molecule has 0 bridgehead atoms. The first-order valence-corrected chi connectivity index (χ1v) is 8.55. The fourth-order valence-electron chi connectivity index (χ4n) is 2.29. The van der Waals surface area contributed by atoms with Crippen LogP contribution in [0.15, 0.2) is 12.1 Å². The van der Waals surface area contributed by atoms with Gasteiger partial charge in [-0.1, -0.05) is 34.6 Å². The van der Waals surface area contributed by atoms with Crippen LogP contribution in [-0.2, 0) is 42.2 Å². The Kier molecular flexibility index (Phi) is 9.99. The van der Waals surface area contributed by atoms with Crippen LogP contribution in [-0.4, -0.2) is 48.0 Å². The molecule has 1 unspecified atom stereocenters. The number of benzene rings is 1. The minimum absolute atomic E-state index is 0. The Morgan fingerprint density at radius 3 is 2.46 bits per heavy atom. The zero-order chi connectivity index (χ0) is 18.6. The van der Waals surface area contributed by atoms with E-state index >= 15 is 0 Å². The molecule has 2 rings (SSSR count). The van der Waals surface area contributed by atoms with Crippen LogP contribution in [0.4, 0.5) is 17.6 Å². The fourth-order valence-corrected chi connectivity index (χ4v) is 2.85. The van der Waals surface area contributed by atoms with E-state index in [0.29, 0.717) is 4.90 Å². The zero-order valence-electron chi connectivity index (χ0n) is 13.8. The first-order valence-electron chi connectivity index (χ1n) is 7.30. The number of hydrogen-bond donors (Lipinski definition) is 0. The summed E-state index contributed by atoms with van der Waals surface area (Å²) in [6.07, 6.45) is -0.0950. The van der Waals surface area contributed by atoms with E-state index in [1.54, 1.807) is 22.6 Å². The predicted molar refractivity (Wildman–Crippen MR) is 90.5 cm³/mol. The van der Waals surface area contributed by atoms with Crippen LogP contribution in [0.3, 0.4) is 0 Å². The van der Waals surface area contributed by atoms with E-state index in [9.17, 15) is 22.4 Å². The van der Waals surface area contributed by atoms with E-state index in [2.05, 4.69) is 6.08 Å². The third-order valence-corrected chi connectivity index (χ3v) is 4.36. The normalized spacial score (nSPS) is 17.2. The van der Waals surface area contributed by atoms with E-state index in [4.69, 9.17) is 9.47 Å². The van der Waals surface area contributed by atoms with E-state index in [1.807, 2.05) is 0 Å². The van der Waals surface area contributed by atoms with Crippen molar-refractivity contribution < 1.29 is 64.5 Å². The summed E-state index contributed by atoms with van der Waals surface area (Å²) in [6.45, 7) is -0.626. The van der Waals surface area contributed by atoms with E-state index in [-0.39, 0.29) is 63.8 Å². The fraction of sp³-hybridized carbons (Fsp3) is 0.438. The average Bonchev–Trinajstić information content (AvgIpc) is 2.53. The molecule has 141 valence electrons. The Morgan fingerprint density at radius 1 is 1.31 bits per heavy atom. The number of amides is 1. The quantitative estimate of drug-likeness (QED) is 0.169. The van der Waals surface area contributed by atoms with Crippen molar-refractivity contribution in [2.45, 2.75) is 16.8 Å². The summed E-state index contributed by atoms with van der Waals surface area (Å²) in [6, 6.07) is 1.87. The molecule has 1 atom stereocenters. The molecule has 0 spiro atoms.